The van der Waals surface area contributed by atoms with E-state index in [0.29, 0.717) is 38.5 Å². The Morgan fingerprint density at radius 3 is 2.49 bits per heavy atom. The fourth-order valence-corrected chi connectivity index (χ4v) is 9.36. The molecule has 4 aliphatic rings. The molecule has 0 aromatic rings. The van der Waals surface area contributed by atoms with Crippen molar-refractivity contribution in [1.82, 2.24) is 5.32 Å². The molecule has 0 aromatic carbocycles. The zero-order valence-electron chi connectivity index (χ0n) is 27.9. The average molecular weight is 713 g/mol. The van der Waals surface area contributed by atoms with Gasteiger partial charge in [-0.15, -0.1) is 21.7 Å². The number of nitrogens with one attached hydrogen (secondary N) is 1. The van der Waals surface area contributed by atoms with Crippen LogP contribution in [-0.4, -0.2) is 98.9 Å². The molecule has 0 spiro atoms. The Labute approximate surface area is 288 Å². The number of ether oxygens (including phenoxy) is 2. The van der Waals surface area contributed by atoms with Crippen molar-refractivity contribution in [2.45, 2.75) is 94.8 Å². The van der Waals surface area contributed by atoms with Crippen molar-refractivity contribution in [2.75, 3.05) is 26.4 Å². The SMILES string of the molecule is C[C@H]1C[C@H]2[C@@H]3CCC4=CC(=O)C=C[C@]4(C)[C@@]3(Cl)[C@@H](O)C[C@]2(C)[C@@]1(O)C(=O)COC(=O)CC(NCC(=O)OCCCCCO[N+](=O)[O-])C(=O)O. The van der Waals surface area contributed by atoms with Crippen molar-refractivity contribution in [3.63, 3.8) is 0 Å². The lowest BCUT2D eigenvalue weighted by Crippen LogP contribution is -2.69. The van der Waals surface area contributed by atoms with Crippen molar-refractivity contribution >= 4 is 41.1 Å². The second kappa shape index (κ2) is 14.8. The van der Waals surface area contributed by atoms with Crippen molar-refractivity contribution in [2.24, 2.45) is 28.6 Å². The van der Waals surface area contributed by atoms with Gasteiger partial charge in [0, 0.05) is 10.8 Å². The van der Waals surface area contributed by atoms with Crippen LogP contribution >= 0.6 is 11.6 Å². The maximum atomic E-state index is 13.7. The summed E-state index contributed by atoms with van der Waals surface area (Å²) in [6.45, 7) is 3.96. The largest absolute Gasteiger partial charge is 0.480 e. The van der Waals surface area contributed by atoms with E-state index in [4.69, 9.17) is 21.1 Å². The third-order valence-electron chi connectivity index (χ3n) is 11.4. The van der Waals surface area contributed by atoms with Gasteiger partial charge in [-0.25, -0.2) is 0 Å². The summed E-state index contributed by atoms with van der Waals surface area (Å²) >= 11 is 7.42. The van der Waals surface area contributed by atoms with Crippen molar-refractivity contribution in [1.29, 1.82) is 0 Å². The quantitative estimate of drug-likeness (QED) is 0.0591. The second-order valence-electron chi connectivity index (χ2n) is 14.1. The molecule has 3 saturated carbocycles. The number of unbranched alkanes of at least 4 members (excludes halogenated alkanes) is 2. The van der Waals surface area contributed by atoms with Gasteiger partial charge >= 0.3 is 17.9 Å². The van der Waals surface area contributed by atoms with Crippen LogP contribution < -0.4 is 5.32 Å². The number of carboxylic acids is 1. The first-order valence-corrected chi connectivity index (χ1v) is 16.9. The van der Waals surface area contributed by atoms with E-state index in [1.807, 2.05) is 6.92 Å². The molecular formula is C33H45ClN2O13. The summed E-state index contributed by atoms with van der Waals surface area (Å²) in [7, 11) is 0. The number of halogens is 1. The van der Waals surface area contributed by atoms with E-state index in [1.165, 1.54) is 6.08 Å². The van der Waals surface area contributed by atoms with Gasteiger partial charge in [0.25, 0.3) is 5.09 Å². The molecule has 9 atom stereocenters. The lowest BCUT2D eigenvalue weighted by Gasteiger charge is -2.63. The van der Waals surface area contributed by atoms with Gasteiger partial charge < -0.3 is 29.6 Å². The molecule has 4 aliphatic carbocycles. The minimum absolute atomic E-state index is 0.00108. The van der Waals surface area contributed by atoms with Crippen molar-refractivity contribution in [3.8, 4) is 0 Å². The van der Waals surface area contributed by atoms with E-state index in [2.05, 4.69) is 10.2 Å². The topological polar surface area (TPSA) is 229 Å². The number of carbonyl (C=O) groups is 5. The monoisotopic (exact) mass is 712 g/mol. The summed E-state index contributed by atoms with van der Waals surface area (Å²) in [4.78, 5) is 75.4. The molecule has 3 fully saturated rings. The molecule has 49 heavy (non-hydrogen) atoms. The Bertz CT molecular complexity index is 1420. The van der Waals surface area contributed by atoms with Gasteiger partial charge in [-0.05, 0) is 74.9 Å². The maximum Gasteiger partial charge on any atom is 0.321 e. The highest BCUT2D eigenvalue weighted by molar-refractivity contribution is 6.26. The third kappa shape index (κ3) is 7.12. The number of nitrogens with zero attached hydrogens (tertiary/aromatic N) is 1. The second-order valence-corrected chi connectivity index (χ2v) is 14.7. The van der Waals surface area contributed by atoms with Gasteiger partial charge in [0.05, 0.1) is 37.2 Å². The Morgan fingerprint density at radius 2 is 1.82 bits per heavy atom. The molecule has 0 aromatic heterocycles. The Hall–Kier alpha value is -3.40. The van der Waals surface area contributed by atoms with E-state index < -0.39 is 87.7 Å². The van der Waals surface area contributed by atoms with E-state index in [0.717, 1.165) is 5.57 Å². The number of rotatable bonds is 16. The van der Waals surface area contributed by atoms with Gasteiger partial charge in [0.2, 0.25) is 5.78 Å². The predicted octanol–water partition coefficient (Wildman–Crippen LogP) is 2.07. The summed E-state index contributed by atoms with van der Waals surface area (Å²) in [6.07, 6.45) is 5.75. The number of aliphatic hydroxyl groups excluding tert-OH is 1. The number of carbonyl (C=O) groups excluding carboxylic acids is 4. The highest BCUT2D eigenvalue weighted by Gasteiger charge is 2.74. The molecule has 0 aliphatic heterocycles. The van der Waals surface area contributed by atoms with E-state index in [1.54, 1.807) is 26.0 Å². The summed E-state index contributed by atoms with van der Waals surface area (Å²) in [6, 6.07) is -1.54. The summed E-state index contributed by atoms with van der Waals surface area (Å²) in [5.41, 5.74) is -3.07. The van der Waals surface area contributed by atoms with E-state index in [-0.39, 0.29) is 37.3 Å². The highest BCUT2D eigenvalue weighted by Crippen LogP contribution is 2.71. The number of esters is 2. The average Bonchev–Trinajstić information content (AvgIpc) is 3.23. The van der Waals surface area contributed by atoms with Crippen LogP contribution in [0.5, 0.6) is 0 Å². The third-order valence-corrected chi connectivity index (χ3v) is 12.3. The first-order chi connectivity index (χ1) is 22.9. The molecule has 0 radical (unpaired) electrons. The van der Waals surface area contributed by atoms with Gasteiger partial charge in [-0.1, -0.05) is 32.4 Å². The molecular weight excluding hydrogens is 668 g/mol. The fourth-order valence-electron chi connectivity index (χ4n) is 8.83. The number of allylic oxidation sites excluding steroid dienone is 4. The predicted molar refractivity (Wildman–Crippen MR) is 170 cm³/mol. The van der Waals surface area contributed by atoms with Crippen LogP contribution in [0.3, 0.4) is 0 Å². The molecule has 0 amide bonds. The number of aliphatic carboxylic acids is 1. The molecule has 4 N–H and O–H groups in total. The highest BCUT2D eigenvalue weighted by atomic mass is 35.5. The van der Waals surface area contributed by atoms with Gasteiger partial charge in [0.15, 0.2) is 12.4 Å². The van der Waals surface area contributed by atoms with E-state index in [9.17, 15) is 49.4 Å². The molecule has 4 rings (SSSR count). The molecule has 0 saturated heterocycles. The number of aliphatic hydroxyl groups is 2. The lowest BCUT2D eigenvalue weighted by atomic mass is 9.45. The first-order valence-electron chi connectivity index (χ1n) is 16.5. The minimum Gasteiger partial charge on any atom is -0.480 e. The molecule has 0 bridgehead atoms. The number of hydrogen-bond donors (Lipinski definition) is 4. The Kier molecular flexibility index (Phi) is 11.6. The lowest BCUT2D eigenvalue weighted by molar-refractivity contribution is -0.757. The number of alkyl halides is 1. The zero-order chi connectivity index (χ0) is 36.4. The van der Waals surface area contributed by atoms with Crippen LogP contribution in [0.2, 0.25) is 0 Å². The molecule has 0 heterocycles. The minimum atomic E-state index is -1.99. The maximum absolute atomic E-state index is 13.7. The number of Topliss-reactive ketones (excluding diaryl/α,β-unsaturated/α-hetero) is 1. The molecule has 15 nitrogen and oxygen atoms in total. The number of carboxylic acid groups (broad SMARTS) is 1. The number of hydrogen-bond acceptors (Lipinski definition) is 13. The van der Waals surface area contributed by atoms with Crippen molar-refractivity contribution in [3.05, 3.63) is 33.9 Å². The number of ketones is 2. The molecule has 16 heteroatoms. The summed E-state index contributed by atoms with van der Waals surface area (Å²) in [5, 5.41) is 45.0. The van der Waals surface area contributed by atoms with Gasteiger partial charge in [-0.2, -0.15) is 0 Å². The first kappa shape index (κ1) is 38.4. The van der Waals surface area contributed by atoms with Crippen molar-refractivity contribution < 1.29 is 58.7 Å². The van der Waals surface area contributed by atoms with Crippen LogP contribution in [0.25, 0.3) is 0 Å². The Balaban J connectivity index is 1.33. The number of fused-ring (bicyclic) bond motifs is 5. The normalized spacial score (nSPS) is 35.2. The van der Waals surface area contributed by atoms with Crippen LogP contribution in [-0.2, 0) is 38.3 Å². The molecule has 272 valence electrons. The van der Waals surface area contributed by atoms with Crippen LogP contribution in [0.15, 0.2) is 23.8 Å². The van der Waals surface area contributed by atoms with Crippen LogP contribution in [0, 0.1) is 38.7 Å². The zero-order valence-corrected chi connectivity index (χ0v) is 28.6. The fraction of sp³-hybridized carbons (Fsp3) is 0.727. The van der Waals surface area contributed by atoms with Gasteiger partial charge in [0.1, 0.15) is 11.6 Å². The summed E-state index contributed by atoms with van der Waals surface area (Å²) < 4.78 is 10.2. The summed E-state index contributed by atoms with van der Waals surface area (Å²) in [5.74, 6) is -5.34. The van der Waals surface area contributed by atoms with E-state index >= 15 is 0 Å². The van der Waals surface area contributed by atoms with Crippen LogP contribution in [0.4, 0.5) is 0 Å². The standard InChI is InChI=1S/C33H45ClN2O13/c1-19-13-23-22-8-7-20-14-21(37)9-10-30(20,2)32(22,34)25(38)16-31(23,3)33(19,44)26(39)18-48-27(40)15-24(29(42)43)35-17-28(41)47-11-5-4-6-12-49-36(45)46/h9-10,14,19,22-25,35,38,44H,4-8,11-13,15-18H2,1-3H3,(H,42,43)/t19-,22-,23-,24?,25-,30-,31-,32-,33-/m0/s1. The smallest absolute Gasteiger partial charge is 0.321 e. The molecule has 1 unspecified atom stereocenters. The van der Waals surface area contributed by atoms with Gasteiger partial charge in [-0.3, -0.25) is 29.3 Å². The Morgan fingerprint density at radius 1 is 1.12 bits per heavy atom. The van der Waals surface area contributed by atoms with Crippen LogP contribution in [0.1, 0.15) is 72.1 Å².